The summed E-state index contributed by atoms with van der Waals surface area (Å²) in [7, 11) is 0. The van der Waals surface area contributed by atoms with Crippen LogP contribution in [0.4, 0.5) is 17.6 Å². The molecule has 1 fully saturated rings. The van der Waals surface area contributed by atoms with Gasteiger partial charge in [-0.15, -0.1) is 0 Å². The zero-order valence-electron chi connectivity index (χ0n) is 19.1. The van der Waals surface area contributed by atoms with E-state index in [1.54, 1.807) is 0 Å². The van der Waals surface area contributed by atoms with Crippen molar-refractivity contribution in [1.29, 1.82) is 0 Å². The number of halogens is 1. The van der Waals surface area contributed by atoms with Crippen molar-refractivity contribution < 1.29 is 0 Å². The molecule has 176 valence electrons. The van der Waals surface area contributed by atoms with Crippen LogP contribution in [-0.4, -0.2) is 34.7 Å². The highest BCUT2D eigenvalue weighted by molar-refractivity contribution is 7.80. The molecule has 34 heavy (non-hydrogen) atoms. The van der Waals surface area contributed by atoms with Gasteiger partial charge in [0, 0.05) is 43.8 Å². The first-order valence-electron chi connectivity index (χ1n) is 11.9. The van der Waals surface area contributed by atoms with Crippen molar-refractivity contribution in [2.24, 2.45) is 0 Å². The number of rotatable bonds is 5. The molecule has 0 aliphatic carbocycles. The van der Waals surface area contributed by atoms with Gasteiger partial charge in [0.1, 0.15) is 11.6 Å². The van der Waals surface area contributed by atoms with Crippen LogP contribution < -0.4 is 20.4 Å². The average molecular weight is 493 g/mol. The standard InChI is InChI=1S/C26H29ClN6S/c27-22-11-5-4-9-20(22)17-28-26(34)31-25-29-23(32-13-6-1-7-14-32)16-24(30-25)33-15-12-19-8-2-3-10-21(19)18-33/h2-5,8-11,16H,1,6-7,12-15,17-18H2,(H2,28,29,30,31,34). The zero-order chi connectivity index (χ0) is 23.3. The molecule has 2 N–H and O–H groups in total. The summed E-state index contributed by atoms with van der Waals surface area (Å²) >= 11 is 11.8. The average Bonchev–Trinajstić information content (AvgIpc) is 2.88. The third-order valence-corrected chi connectivity index (χ3v) is 7.07. The highest BCUT2D eigenvalue weighted by Gasteiger charge is 2.21. The van der Waals surface area contributed by atoms with Crippen molar-refractivity contribution in [2.75, 3.05) is 34.8 Å². The fourth-order valence-corrected chi connectivity index (χ4v) is 4.95. The molecule has 3 heterocycles. The molecule has 3 aromatic rings. The van der Waals surface area contributed by atoms with E-state index in [1.807, 2.05) is 24.3 Å². The van der Waals surface area contributed by atoms with Crippen LogP contribution in [0, 0.1) is 0 Å². The predicted molar refractivity (Wildman–Crippen MR) is 144 cm³/mol. The van der Waals surface area contributed by atoms with Crippen molar-refractivity contribution in [1.82, 2.24) is 15.3 Å². The van der Waals surface area contributed by atoms with Crippen LogP contribution >= 0.6 is 23.8 Å². The van der Waals surface area contributed by atoms with Crippen LogP contribution in [0.1, 0.15) is 36.0 Å². The van der Waals surface area contributed by atoms with E-state index in [0.29, 0.717) is 22.6 Å². The molecule has 2 aromatic carbocycles. The van der Waals surface area contributed by atoms with Gasteiger partial charge >= 0.3 is 0 Å². The third kappa shape index (κ3) is 5.42. The number of benzene rings is 2. The predicted octanol–water partition coefficient (Wildman–Crippen LogP) is 5.17. The Morgan fingerprint density at radius 3 is 2.38 bits per heavy atom. The Morgan fingerprint density at radius 1 is 0.882 bits per heavy atom. The summed E-state index contributed by atoms with van der Waals surface area (Å²) < 4.78 is 0. The number of hydrogen-bond acceptors (Lipinski definition) is 5. The quantitative estimate of drug-likeness (QED) is 0.476. The Kier molecular flexibility index (Phi) is 7.11. The number of piperidine rings is 1. The first-order valence-corrected chi connectivity index (χ1v) is 12.7. The minimum Gasteiger partial charge on any atom is -0.358 e. The maximum absolute atomic E-state index is 6.28. The Hall–Kier alpha value is -2.90. The fraction of sp³-hybridized carbons (Fsp3) is 0.346. The van der Waals surface area contributed by atoms with Gasteiger partial charge in [-0.3, -0.25) is 0 Å². The van der Waals surface area contributed by atoms with Gasteiger partial charge in [-0.25, -0.2) is 0 Å². The SMILES string of the molecule is S=C(NCc1ccccc1Cl)Nc1nc(N2CCCCC2)cc(N2CCc3ccccc3C2)n1. The fourth-order valence-electron chi connectivity index (χ4n) is 4.58. The number of hydrogen-bond donors (Lipinski definition) is 2. The van der Waals surface area contributed by atoms with E-state index < -0.39 is 0 Å². The zero-order valence-corrected chi connectivity index (χ0v) is 20.7. The number of aromatic nitrogens is 2. The summed E-state index contributed by atoms with van der Waals surface area (Å²) in [6.07, 6.45) is 4.67. The molecular formula is C26H29ClN6S. The van der Waals surface area contributed by atoms with Gasteiger partial charge in [0.05, 0.1) is 0 Å². The highest BCUT2D eigenvalue weighted by Crippen LogP contribution is 2.28. The van der Waals surface area contributed by atoms with E-state index in [-0.39, 0.29) is 0 Å². The largest absolute Gasteiger partial charge is 0.358 e. The number of anilines is 3. The number of nitrogens with zero attached hydrogens (tertiary/aromatic N) is 4. The Labute approximate surface area is 211 Å². The monoisotopic (exact) mass is 492 g/mol. The molecule has 0 spiro atoms. The number of nitrogens with one attached hydrogen (secondary N) is 2. The summed E-state index contributed by atoms with van der Waals surface area (Å²) in [5, 5.41) is 7.63. The molecular weight excluding hydrogens is 464 g/mol. The van der Waals surface area contributed by atoms with Crippen LogP contribution in [0.25, 0.3) is 0 Å². The summed E-state index contributed by atoms with van der Waals surface area (Å²) in [4.78, 5) is 14.4. The molecule has 2 aliphatic heterocycles. The minimum absolute atomic E-state index is 0.477. The van der Waals surface area contributed by atoms with Crippen molar-refractivity contribution in [3.05, 3.63) is 76.3 Å². The van der Waals surface area contributed by atoms with E-state index >= 15 is 0 Å². The molecule has 0 bridgehead atoms. The number of thiocarbonyl (C=S) groups is 1. The second kappa shape index (κ2) is 10.6. The first-order chi connectivity index (χ1) is 16.7. The van der Waals surface area contributed by atoms with Gasteiger partial charge in [0.25, 0.3) is 0 Å². The third-order valence-electron chi connectivity index (χ3n) is 6.46. The minimum atomic E-state index is 0.477. The lowest BCUT2D eigenvalue weighted by Gasteiger charge is -2.32. The van der Waals surface area contributed by atoms with E-state index in [0.717, 1.165) is 49.8 Å². The second-order valence-electron chi connectivity index (χ2n) is 8.80. The molecule has 0 amide bonds. The van der Waals surface area contributed by atoms with Gasteiger partial charge in [-0.05, 0) is 60.7 Å². The summed E-state index contributed by atoms with van der Waals surface area (Å²) in [5.74, 6) is 2.41. The van der Waals surface area contributed by atoms with Crippen molar-refractivity contribution in [2.45, 2.75) is 38.8 Å². The van der Waals surface area contributed by atoms with Gasteiger partial charge in [0.2, 0.25) is 5.95 Å². The lowest BCUT2D eigenvalue weighted by atomic mass is 10.00. The Balaban J connectivity index is 1.35. The van der Waals surface area contributed by atoms with Crippen LogP contribution in [0.5, 0.6) is 0 Å². The smallest absolute Gasteiger partial charge is 0.232 e. The molecule has 1 saturated heterocycles. The first kappa shape index (κ1) is 22.9. The molecule has 0 saturated carbocycles. The Morgan fingerprint density at radius 2 is 1.59 bits per heavy atom. The molecule has 8 heteroatoms. The molecule has 2 aliphatic rings. The van der Waals surface area contributed by atoms with E-state index in [1.165, 1.54) is 30.4 Å². The van der Waals surface area contributed by atoms with Crippen molar-refractivity contribution in [3.8, 4) is 0 Å². The Bertz CT molecular complexity index is 1160. The lowest BCUT2D eigenvalue weighted by molar-refractivity contribution is 0.573. The molecule has 0 atom stereocenters. The maximum Gasteiger partial charge on any atom is 0.232 e. The van der Waals surface area contributed by atoms with Crippen molar-refractivity contribution >= 4 is 46.5 Å². The van der Waals surface area contributed by atoms with Gasteiger partial charge in [-0.2, -0.15) is 9.97 Å². The van der Waals surface area contributed by atoms with E-state index in [4.69, 9.17) is 33.8 Å². The summed E-state index contributed by atoms with van der Waals surface area (Å²) in [5.41, 5.74) is 3.77. The maximum atomic E-state index is 6.28. The lowest BCUT2D eigenvalue weighted by Crippen LogP contribution is -2.34. The second-order valence-corrected chi connectivity index (χ2v) is 9.61. The van der Waals surface area contributed by atoms with Crippen LogP contribution in [0.15, 0.2) is 54.6 Å². The van der Waals surface area contributed by atoms with E-state index in [9.17, 15) is 0 Å². The van der Waals surface area contributed by atoms with E-state index in [2.05, 4.69) is 50.8 Å². The molecule has 0 unspecified atom stereocenters. The van der Waals surface area contributed by atoms with Crippen LogP contribution in [0.3, 0.4) is 0 Å². The normalized spacial score (nSPS) is 15.6. The van der Waals surface area contributed by atoms with Crippen molar-refractivity contribution in [3.63, 3.8) is 0 Å². The molecule has 5 rings (SSSR count). The van der Waals surface area contributed by atoms with Crippen LogP contribution in [0.2, 0.25) is 5.02 Å². The van der Waals surface area contributed by atoms with Crippen LogP contribution in [-0.2, 0) is 19.5 Å². The van der Waals surface area contributed by atoms with Gasteiger partial charge in [0.15, 0.2) is 5.11 Å². The van der Waals surface area contributed by atoms with Gasteiger partial charge in [-0.1, -0.05) is 54.1 Å². The molecule has 1 aromatic heterocycles. The highest BCUT2D eigenvalue weighted by atomic mass is 35.5. The topological polar surface area (TPSA) is 56.3 Å². The number of fused-ring (bicyclic) bond motifs is 1. The summed E-state index contributed by atoms with van der Waals surface area (Å²) in [6.45, 7) is 4.36. The molecule has 0 radical (unpaired) electrons. The molecule has 6 nitrogen and oxygen atoms in total. The van der Waals surface area contributed by atoms with Gasteiger partial charge < -0.3 is 20.4 Å². The summed E-state index contributed by atoms with van der Waals surface area (Å²) in [6, 6.07) is 18.5.